The van der Waals surface area contributed by atoms with Crippen molar-refractivity contribution >= 4 is 17.9 Å². The highest BCUT2D eigenvalue weighted by molar-refractivity contribution is 5.71. The van der Waals surface area contributed by atoms with Crippen LogP contribution in [0.5, 0.6) is 0 Å². The van der Waals surface area contributed by atoms with Gasteiger partial charge in [0.15, 0.2) is 6.10 Å². The van der Waals surface area contributed by atoms with Crippen LogP contribution in [0.2, 0.25) is 0 Å². The quantitative estimate of drug-likeness (QED) is 0.0264. The zero-order valence-electron chi connectivity index (χ0n) is 39.1. The summed E-state index contributed by atoms with van der Waals surface area (Å²) >= 11 is 0. The van der Waals surface area contributed by atoms with Crippen LogP contribution in [0.25, 0.3) is 0 Å². The number of hydrogen-bond donors (Lipinski definition) is 0. The van der Waals surface area contributed by atoms with E-state index >= 15 is 0 Å². The van der Waals surface area contributed by atoms with Crippen LogP contribution in [0.15, 0.2) is 146 Å². The number of allylic oxidation sites excluding steroid dienone is 24. The first-order chi connectivity index (χ1) is 30.5. The Bertz CT molecular complexity index is 1440. The highest BCUT2D eigenvalue weighted by Gasteiger charge is 2.19. The van der Waals surface area contributed by atoms with Crippen molar-refractivity contribution in [2.75, 3.05) is 13.2 Å². The lowest BCUT2D eigenvalue weighted by Gasteiger charge is -2.18. The van der Waals surface area contributed by atoms with Crippen LogP contribution < -0.4 is 0 Å². The van der Waals surface area contributed by atoms with Crippen molar-refractivity contribution in [3.8, 4) is 0 Å². The van der Waals surface area contributed by atoms with Gasteiger partial charge >= 0.3 is 17.9 Å². The molecule has 62 heavy (non-hydrogen) atoms. The average molecular weight is 853 g/mol. The molecule has 0 aromatic heterocycles. The highest BCUT2D eigenvalue weighted by Crippen LogP contribution is 2.11. The number of esters is 3. The summed E-state index contributed by atoms with van der Waals surface area (Å²) in [4.78, 5) is 37.8. The smallest absolute Gasteiger partial charge is 0.306 e. The van der Waals surface area contributed by atoms with Crippen molar-refractivity contribution in [1.82, 2.24) is 0 Å². The van der Waals surface area contributed by atoms with Crippen LogP contribution in [0, 0.1) is 0 Å². The van der Waals surface area contributed by atoms with Gasteiger partial charge in [-0.25, -0.2) is 0 Å². The molecule has 0 aromatic carbocycles. The molecule has 0 saturated carbocycles. The van der Waals surface area contributed by atoms with Gasteiger partial charge in [0.05, 0.1) is 0 Å². The molecule has 0 rings (SSSR count). The summed E-state index contributed by atoms with van der Waals surface area (Å²) < 4.78 is 16.6. The molecule has 344 valence electrons. The maximum absolute atomic E-state index is 12.7. The molecule has 0 spiro atoms. The Morgan fingerprint density at radius 3 is 1.05 bits per heavy atom. The number of unbranched alkanes of at least 4 members (excludes halogenated alkanes) is 14. The van der Waals surface area contributed by atoms with Crippen molar-refractivity contribution in [3.05, 3.63) is 146 Å². The first-order valence-corrected chi connectivity index (χ1v) is 24.0. The number of carbonyl (C=O) groups is 3. The van der Waals surface area contributed by atoms with E-state index in [1.165, 1.54) is 32.1 Å². The molecule has 0 saturated heterocycles. The molecule has 0 aliphatic rings. The Kier molecular flexibility index (Phi) is 45.2. The largest absolute Gasteiger partial charge is 0.462 e. The molecular formula is C56H84O6. The predicted octanol–water partition coefficient (Wildman–Crippen LogP) is 15.7. The molecule has 6 nitrogen and oxygen atoms in total. The predicted molar refractivity (Wildman–Crippen MR) is 265 cm³/mol. The van der Waals surface area contributed by atoms with Crippen LogP contribution in [-0.4, -0.2) is 37.2 Å². The molecule has 0 aliphatic heterocycles. The van der Waals surface area contributed by atoms with E-state index in [4.69, 9.17) is 14.2 Å². The Morgan fingerprint density at radius 2 is 0.645 bits per heavy atom. The summed E-state index contributed by atoms with van der Waals surface area (Å²) in [5, 5.41) is 0. The summed E-state index contributed by atoms with van der Waals surface area (Å²) in [6.07, 6.45) is 69.8. The fourth-order valence-electron chi connectivity index (χ4n) is 5.78. The van der Waals surface area contributed by atoms with Crippen molar-refractivity contribution in [1.29, 1.82) is 0 Å². The molecule has 0 amide bonds. The minimum Gasteiger partial charge on any atom is -0.462 e. The van der Waals surface area contributed by atoms with Gasteiger partial charge in [-0.2, -0.15) is 0 Å². The summed E-state index contributed by atoms with van der Waals surface area (Å²) in [6.45, 7) is 6.18. The van der Waals surface area contributed by atoms with Gasteiger partial charge in [0.1, 0.15) is 13.2 Å². The fraction of sp³-hybridized carbons (Fsp3) is 0.518. The van der Waals surface area contributed by atoms with Crippen LogP contribution in [0.4, 0.5) is 0 Å². The Hall–Kier alpha value is -4.71. The molecule has 0 fully saturated rings. The minimum absolute atomic E-state index is 0.137. The lowest BCUT2D eigenvalue weighted by molar-refractivity contribution is -0.167. The van der Waals surface area contributed by atoms with E-state index < -0.39 is 12.1 Å². The van der Waals surface area contributed by atoms with Crippen LogP contribution >= 0.6 is 0 Å². The number of carbonyl (C=O) groups excluding carboxylic acids is 3. The van der Waals surface area contributed by atoms with Gasteiger partial charge in [0, 0.05) is 19.3 Å². The first-order valence-electron chi connectivity index (χ1n) is 24.0. The van der Waals surface area contributed by atoms with E-state index in [2.05, 4.69) is 75.5 Å². The molecule has 6 heteroatoms. The van der Waals surface area contributed by atoms with Gasteiger partial charge in [-0.05, 0) is 77.0 Å². The standard InChI is InChI=1S/C56H84O6/c1-4-7-10-13-16-19-22-25-26-27-28-29-32-34-37-40-43-46-49-55(58)61-52-53(62-56(59)50-47-44-41-38-35-31-24-21-18-15-12-9-6-3)51-60-54(57)48-45-42-39-36-33-30-23-20-17-14-11-8-5-2/h8-9,11-12,14-15,17-18,20-31,33,35,38,41,53H,4-7,10,13,16,19,32,34,36-37,39-40,42-52H2,1-3H3/b11-8+,12-9+,17-14+,18-15+,23-20+,24-21+,25-22+,27-26+,29-28+,33-30+,35-31+,41-38+. The average Bonchev–Trinajstić information content (AvgIpc) is 3.27. The lowest BCUT2D eigenvalue weighted by Crippen LogP contribution is -2.30. The molecule has 0 aliphatic carbocycles. The van der Waals surface area contributed by atoms with Crippen LogP contribution in [-0.2, 0) is 28.6 Å². The maximum atomic E-state index is 12.7. The third-order valence-electron chi connectivity index (χ3n) is 9.34. The topological polar surface area (TPSA) is 78.9 Å². The van der Waals surface area contributed by atoms with Gasteiger partial charge in [0.25, 0.3) is 0 Å². The van der Waals surface area contributed by atoms with Gasteiger partial charge in [-0.3, -0.25) is 14.4 Å². The van der Waals surface area contributed by atoms with Crippen molar-refractivity contribution in [2.24, 2.45) is 0 Å². The molecule has 0 heterocycles. The second-order valence-electron chi connectivity index (χ2n) is 15.2. The second-order valence-corrected chi connectivity index (χ2v) is 15.2. The maximum Gasteiger partial charge on any atom is 0.306 e. The SMILES string of the molecule is CC/C=C/C=C/C=C/C=C/C=C/CCCC(=O)OC(COC(=O)CCCCC/C=C/C=C/C=C/C=C/CC)COC(=O)CCCCCCC/C=C/C=C/C=C/CCCCCCC. The molecule has 0 N–H and O–H groups in total. The first kappa shape index (κ1) is 57.3. The summed E-state index contributed by atoms with van der Waals surface area (Å²) in [6, 6.07) is 0. The van der Waals surface area contributed by atoms with E-state index in [0.717, 1.165) is 77.0 Å². The third-order valence-corrected chi connectivity index (χ3v) is 9.34. The van der Waals surface area contributed by atoms with Crippen molar-refractivity contribution in [3.63, 3.8) is 0 Å². The van der Waals surface area contributed by atoms with Crippen molar-refractivity contribution in [2.45, 2.75) is 175 Å². The Balaban J connectivity index is 4.60. The van der Waals surface area contributed by atoms with E-state index in [1.807, 2.05) is 91.1 Å². The van der Waals surface area contributed by atoms with E-state index in [1.54, 1.807) is 0 Å². The van der Waals surface area contributed by atoms with Gasteiger partial charge in [-0.1, -0.05) is 218 Å². The molecule has 0 aromatic rings. The molecular weight excluding hydrogens is 769 g/mol. The van der Waals surface area contributed by atoms with Crippen LogP contribution in [0.1, 0.15) is 168 Å². The highest BCUT2D eigenvalue weighted by atomic mass is 16.6. The van der Waals surface area contributed by atoms with E-state index in [9.17, 15) is 14.4 Å². The minimum atomic E-state index is -0.845. The van der Waals surface area contributed by atoms with Gasteiger partial charge < -0.3 is 14.2 Å². The summed E-state index contributed by atoms with van der Waals surface area (Å²) in [7, 11) is 0. The second kappa shape index (κ2) is 49.0. The molecule has 0 bridgehead atoms. The Labute approximate surface area is 378 Å². The zero-order valence-corrected chi connectivity index (χ0v) is 39.1. The number of hydrogen-bond acceptors (Lipinski definition) is 6. The molecule has 1 unspecified atom stereocenters. The molecule has 0 radical (unpaired) electrons. The molecule has 1 atom stereocenters. The van der Waals surface area contributed by atoms with Crippen molar-refractivity contribution < 1.29 is 28.6 Å². The fourth-order valence-corrected chi connectivity index (χ4v) is 5.78. The van der Waals surface area contributed by atoms with E-state index in [0.29, 0.717) is 25.7 Å². The number of rotatable bonds is 40. The monoisotopic (exact) mass is 853 g/mol. The van der Waals surface area contributed by atoms with Crippen LogP contribution in [0.3, 0.4) is 0 Å². The van der Waals surface area contributed by atoms with Gasteiger partial charge in [-0.15, -0.1) is 0 Å². The zero-order chi connectivity index (χ0) is 45.1. The lowest BCUT2D eigenvalue weighted by atomic mass is 10.1. The normalized spacial score (nSPS) is 13.4. The summed E-state index contributed by atoms with van der Waals surface area (Å²) in [5.74, 6) is -1.09. The van der Waals surface area contributed by atoms with E-state index in [-0.39, 0.29) is 38.0 Å². The number of ether oxygens (including phenoxy) is 3. The third kappa shape index (κ3) is 46.4. The Morgan fingerprint density at radius 1 is 0.339 bits per heavy atom. The van der Waals surface area contributed by atoms with Gasteiger partial charge in [0.2, 0.25) is 0 Å². The summed E-state index contributed by atoms with van der Waals surface area (Å²) in [5.41, 5.74) is 0.